The Morgan fingerprint density at radius 3 is 2.53 bits per heavy atom. The van der Waals surface area contributed by atoms with Gasteiger partial charge in [-0.25, -0.2) is 9.59 Å². The maximum atomic E-state index is 11.6. The molecule has 0 bridgehead atoms. The van der Waals surface area contributed by atoms with E-state index in [4.69, 9.17) is 9.47 Å². The van der Waals surface area contributed by atoms with E-state index >= 15 is 0 Å². The predicted molar refractivity (Wildman–Crippen MR) is 60.4 cm³/mol. The maximum absolute atomic E-state index is 11.6. The SMILES string of the molecule is COC(=O)C1NC(=O)OC1C1CCCCCC1. The molecule has 17 heavy (non-hydrogen) atoms. The monoisotopic (exact) mass is 241 g/mol. The van der Waals surface area contributed by atoms with Gasteiger partial charge in [0.25, 0.3) is 0 Å². The first-order valence-electron chi connectivity index (χ1n) is 6.27. The van der Waals surface area contributed by atoms with Gasteiger partial charge in [-0.3, -0.25) is 0 Å². The average molecular weight is 241 g/mol. The standard InChI is InChI=1S/C12H19NO4/c1-16-11(14)9-10(17-12(15)13-9)8-6-4-2-3-5-7-8/h8-10H,2-7H2,1H3,(H,13,15). The van der Waals surface area contributed by atoms with E-state index in [2.05, 4.69) is 5.32 Å². The summed E-state index contributed by atoms with van der Waals surface area (Å²) in [6, 6.07) is -0.629. The third-order valence-electron chi connectivity index (χ3n) is 3.66. The van der Waals surface area contributed by atoms with Gasteiger partial charge in [0.15, 0.2) is 6.04 Å². The Balaban J connectivity index is 2.05. The maximum Gasteiger partial charge on any atom is 0.408 e. The van der Waals surface area contributed by atoms with Gasteiger partial charge in [0, 0.05) is 0 Å². The van der Waals surface area contributed by atoms with Crippen LogP contribution < -0.4 is 5.32 Å². The third kappa shape index (κ3) is 2.70. The lowest BCUT2D eigenvalue weighted by molar-refractivity contribution is -0.144. The van der Waals surface area contributed by atoms with Gasteiger partial charge >= 0.3 is 12.1 Å². The van der Waals surface area contributed by atoms with Crippen molar-refractivity contribution in [2.75, 3.05) is 7.11 Å². The summed E-state index contributed by atoms with van der Waals surface area (Å²) in [5.74, 6) is -0.134. The molecule has 0 radical (unpaired) electrons. The largest absolute Gasteiger partial charge is 0.467 e. The minimum absolute atomic E-state index is 0.278. The second-order valence-corrected chi connectivity index (χ2v) is 4.77. The molecule has 1 saturated carbocycles. The van der Waals surface area contributed by atoms with Gasteiger partial charge in [-0.2, -0.15) is 0 Å². The molecule has 5 nitrogen and oxygen atoms in total. The average Bonchev–Trinajstić information content (AvgIpc) is 2.56. The van der Waals surface area contributed by atoms with E-state index in [0.29, 0.717) is 0 Å². The molecule has 0 aromatic carbocycles. The highest BCUT2D eigenvalue weighted by Gasteiger charge is 2.44. The Labute approximate surface area is 101 Å². The number of esters is 1. The van der Waals surface area contributed by atoms with Crippen LogP contribution >= 0.6 is 0 Å². The number of hydrogen-bond donors (Lipinski definition) is 1. The number of amides is 1. The molecule has 1 aliphatic carbocycles. The summed E-state index contributed by atoms with van der Waals surface area (Å²) in [7, 11) is 1.33. The van der Waals surface area contributed by atoms with Crippen molar-refractivity contribution in [1.29, 1.82) is 0 Å². The lowest BCUT2D eigenvalue weighted by Gasteiger charge is -2.23. The normalized spacial score (nSPS) is 30.3. The molecule has 0 spiro atoms. The summed E-state index contributed by atoms with van der Waals surface area (Å²) in [5, 5.41) is 2.54. The van der Waals surface area contributed by atoms with Crippen LogP contribution in [0.15, 0.2) is 0 Å². The van der Waals surface area contributed by atoms with Crippen molar-refractivity contribution >= 4 is 12.1 Å². The van der Waals surface area contributed by atoms with Gasteiger partial charge in [0.2, 0.25) is 0 Å². The Kier molecular flexibility index (Phi) is 3.86. The molecule has 2 aliphatic rings. The number of methoxy groups -OCH3 is 1. The van der Waals surface area contributed by atoms with E-state index in [0.717, 1.165) is 25.7 Å². The highest BCUT2D eigenvalue weighted by Crippen LogP contribution is 2.30. The van der Waals surface area contributed by atoms with Crippen molar-refractivity contribution in [3.63, 3.8) is 0 Å². The lowest BCUT2D eigenvalue weighted by atomic mass is 9.90. The highest BCUT2D eigenvalue weighted by molar-refractivity contribution is 5.84. The number of nitrogens with one attached hydrogen (secondary N) is 1. The first-order valence-corrected chi connectivity index (χ1v) is 6.27. The molecule has 1 N–H and O–H groups in total. The zero-order chi connectivity index (χ0) is 12.3. The quantitative estimate of drug-likeness (QED) is 0.589. The van der Waals surface area contributed by atoms with Gasteiger partial charge in [0.1, 0.15) is 6.10 Å². The molecule has 96 valence electrons. The van der Waals surface area contributed by atoms with E-state index in [1.807, 2.05) is 0 Å². The first-order chi connectivity index (χ1) is 8.22. The van der Waals surface area contributed by atoms with Crippen LogP contribution in [0.4, 0.5) is 4.79 Å². The minimum atomic E-state index is -0.629. The van der Waals surface area contributed by atoms with Crippen LogP contribution in [0.5, 0.6) is 0 Å². The molecule has 2 atom stereocenters. The van der Waals surface area contributed by atoms with E-state index in [-0.39, 0.29) is 12.0 Å². The van der Waals surface area contributed by atoms with Gasteiger partial charge < -0.3 is 14.8 Å². The van der Waals surface area contributed by atoms with Gasteiger partial charge in [-0.05, 0) is 18.8 Å². The summed E-state index contributed by atoms with van der Waals surface area (Å²) < 4.78 is 9.94. The minimum Gasteiger partial charge on any atom is -0.467 e. The van der Waals surface area contributed by atoms with Crippen LogP contribution in [0.2, 0.25) is 0 Å². The number of ether oxygens (including phenoxy) is 2. The van der Waals surface area contributed by atoms with Crippen molar-refractivity contribution in [3.8, 4) is 0 Å². The van der Waals surface area contributed by atoms with E-state index < -0.39 is 18.1 Å². The Hall–Kier alpha value is -1.26. The fraction of sp³-hybridized carbons (Fsp3) is 0.833. The fourth-order valence-corrected chi connectivity index (χ4v) is 2.76. The summed E-state index contributed by atoms with van der Waals surface area (Å²) >= 11 is 0. The molecule has 0 aromatic heterocycles. The molecule has 1 saturated heterocycles. The smallest absolute Gasteiger partial charge is 0.408 e. The number of hydrogen-bond acceptors (Lipinski definition) is 4. The number of carbonyl (C=O) groups excluding carboxylic acids is 2. The molecule has 2 fully saturated rings. The van der Waals surface area contributed by atoms with Crippen LogP contribution in [0, 0.1) is 5.92 Å². The van der Waals surface area contributed by atoms with Gasteiger partial charge in [0.05, 0.1) is 7.11 Å². The van der Waals surface area contributed by atoms with Crippen molar-refractivity contribution in [2.24, 2.45) is 5.92 Å². The van der Waals surface area contributed by atoms with Crippen molar-refractivity contribution in [2.45, 2.75) is 50.7 Å². The van der Waals surface area contributed by atoms with E-state index in [1.54, 1.807) is 0 Å². The van der Waals surface area contributed by atoms with E-state index in [1.165, 1.54) is 20.0 Å². The van der Waals surface area contributed by atoms with Crippen LogP contribution in [0.1, 0.15) is 38.5 Å². The molecular formula is C12H19NO4. The summed E-state index contributed by atoms with van der Waals surface area (Å²) in [4.78, 5) is 22.9. The molecule has 2 rings (SSSR count). The number of carbonyl (C=O) groups is 2. The Bertz CT molecular complexity index is 297. The highest BCUT2D eigenvalue weighted by atomic mass is 16.6. The zero-order valence-electron chi connectivity index (χ0n) is 10.1. The van der Waals surface area contributed by atoms with Crippen LogP contribution in [-0.2, 0) is 14.3 Å². The molecule has 1 heterocycles. The third-order valence-corrected chi connectivity index (χ3v) is 3.66. The number of alkyl carbamates (subject to hydrolysis) is 1. The van der Waals surface area contributed by atoms with Gasteiger partial charge in [-0.1, -0.05) is 25.7 Å². The molecular weight excluding hydrogens is 222 g/mol. The van der Waals surface area contributed by atoms with Crippen molar-refractivity contribution in [1.82, 2.24) is 5.32 Å². The van der Waals surface area contributed by atoms with Crippen LogP contribution in [0.25, 0.3) is 0 Å². The van der Waals surface area contributed by atoms with E-state index in [9.17, 15) is 9.59 Å². The predicted octanol–water partition coefficient (Wildman–Crippen LogP) is 1.61. The first kappa shape index (κ1) is 12.2. The second-order valence-electron chi connectivity index (χ2n) is 4.77. The van der Waals surface area contributed by atoms with Crippen LogP contribution in [-0.4, -0.2) is 31.3 Å². The molecule has 2 unspecified atom stereocenters. The number of cyclic esters (lactones) is 1. The molecule has 5 heteroatoms. The Morgan fingerprint density at radius 2 is 1.94 bits per heavy atom. The fourth-order valence-electron chi connectivity index (χ4n) is 2.76. The molecule has 1 amide bonds. The second kappa shape index (κ2) is 5.38. The summed E-state index contributed by atoms with van der Waals surface area (Å²) in [5.41, 5.74) is 0. The zero-order valence-corrected chi connectivity index (χ0v) is 10.1. The number of rotatable bonds is 2. The summed E-state index contributed by atoms with van der Waals surface area (Å²) in [6.07, 6.45) is 5.93. The Morgan fingerprint density at radius 1 is 1.29 bits per heavy atom. The van der Waals surface area contributed by atoms with Crippen molar-refractivity contribution in [3.05, 3.63) is 0 Å². The van der Waals surface area contributed by atoms with Gasteiger partial charge in [-0.15, -0.1) is 0 Å². The van der Waals surface area contributed by atoms with Crippen molar-refractivity contribution < 1.29 is 19.1 Å². The lowest BCUT2D eigenvalue weighted by Crippen LogP contribution is -2.43. The molecule has 1 aliphatic heterocycles. The van der Waals surface area contributed by atoms with Crippen LogP contribution in [0.3, 0.4) is 0 Å². The molecule has 0 aromatic rings. The topological polar surface area (TPSA) is 64.6 Å². The summed E-state index contributed by atoms with van der Waals surface area (Å²) in [6.45, 7) is 0.